The lowest BCUT2D eigenvalue weighted by molar-refractivity contribution is 0.102. The first-order valence-corrected chi connectivity index (χ1v) is 11.8. The van der Waals surface area contributed by atoms with Crippen LogP contribution in [0.4, 0.5) is 15.8 Å². The van der Waals surface area contributed by atoms with Gasteiger partial charge in [-0.2, -0.15) is 0 Å². The van der Waals surface area contributed by atoms with E-state index in [1.165, 1.54) is 37.4 Å². The molecule has 1 aliphatic heterocycles. The van der Waals surface area contributed by atoms with Gasteiger partial charge in [0.25, 0.3) is 5.91 Å². The molecule has 31 heavy (non-hydrogen) atoms. The number of nitrogens with zero attached hydrogens (tertiary/aromatic N) is 1. The van der Waals surface area contributed by atoms with Crippen molar-refractivity contribution in [2.24, 2.45) is 0 Å². The average molecular weight is 450 g/mol. The molecule has 2 aromatic rings. The first-order valence-electron chi connectivity index (χ1n) is 10.3. The maximum atomic E-state index is 13.9. The molecule has 1 aliphatic rings. The van der Waals surface area contributed by atoms with E-state index in [4.69, 9.17) is 4.74 Å². The first-order chi connectivity index (χ1) is 14.7. The Hall–Kier alpha value is -2.65. The monoisotopic (exact) mass is 449 g/mol. The molecule has 1 heterocycles. The quantitative estimate of drug-likeness (QED) is 0.672. The number of ether oxygens (including phenoxy) is 1. The first kappa shape index (κ1) is 23.0. The number of sulfonamides is 1. The zero-order valence-corrected chi connectivity index (χ0v) is 18.8. The van der Waals surface area contributed by atoms with Crippen molar-refractivity contribution >= 4 is 27.3 Å². The molecule has 2 N–H and O–H groups in total. The van der Waals surface area contributed by atoms with E-state index in [9.17, 15) is 17.6 Å². The van der Waals surface area contributed by atoms with Gasteiger partial charge in [-0.1, -0.05) is 0 Å². The summed E-state index contributed by atoms with van der Waals surface area (Å²) in [7, 11) is -2.52. The third-order valence-corrected chi connectivity index (χ3v) is 6.69. The summed E-state index contributed by atoms with van der Waals surface area (Å²) >= 11 is 0. The molecule has 2 aromatic carbocycles. The van der Waals surface area contributed by atoms with Crippen molar-refractivity contribution < 1.29 is 22.3 Å². The predicted octanol–water partition coefficient (Wildman–Crippen LogP) is 3.76. The summed E-state index contributed by atoms with van der Waals surface area (Å²) in [5, 5.41) is 2.75. The fraction of sp³-hybridized carbons (Fsp3) is 0.409. The molecule has 168 valence electrons. The fourth-order valence-corrected chi connectivity index (χ4v) is 5.06. The van der Waals surface area contributed by atoms with Crippen LogP contribution in [0.25, 0.3) is 0 Å². The molecule has 0 spiro atoms. The second-order valence-electron chi connectivity index (χ2n) is 7.80. The Morgan fingerprint density at radius 3 is 2.45 bits per heavy atom. The minimum atomic E-state index is -3.89. The van der Waals surface area contributed by atoms with Crippen molar-refractivity contribution in [1.82, 2.24) is 4.72 Å². The molecule has 0 atom stereocenters. The van der Waals surface area contributed by atoms with Gasteiger partial charge in [-0.05, 0) is 69.5 Å². The molecule has 1 saturated heterocycles. The van der Waals surface area contributed by atoms with E-state index in [2.05, 4.69) is 14.9 Å². The second kappa shape index (κ2) is 9.65. The Labute approximate surface area is 182 Å². The molecule has 1 amide bonds. The van der Waals surface area contributed by atoms with Crippen LogP contribution < -0.4 is 19.7 Å². The van der Waals surface area contributed by atoms with E-state index in [0.717, 1.165) is 38.0 Å². The number of anilines is 2. The van der Waals surface area contributed by atoms with Crippen LogP contribution >= 0.6 is 0 Å². The lowest BCUT2D eigenvalue weighted by Gasteiger charge is -2.30. The van der Waals surface area contributed by atoms with Gasteiger partial charge in [0.2, 0.25) is 10.0 Å². The van der Waals surface area contributed by atoms with Crippen molar-refractivity contribution in [1.29, 1.82) is 0 Å². The molecule has 0 aromatic heterocycles. The van der Waals surface area contributed by atoms with E-state index < -0.39 is 21.7 Å². The minimum absolute atomic E-state index is 0.124. The highest BCUT2D eigenvalue weighted by Gasteiger charge is 2.23. The average Bonchev–Trinajstić information content (AvgIpc) is 2.73. The van der Waals surface area contributed by atoms with E-state index in [0.29, 0.717) is 5.69 Å². The number of carbonyl (C=O) groups excluding carboxylic acids is 1. The molecular weight excluding hydrogens is 421 g/mol. The highest BCUT2D eigenvalue weighted by Crippen LogP contribution is 2.31. The standard InChI is InChI=1S/C22H28FN3O4S/c1-15(2)25-31(28,29)21-13-16(7-10-20(21)30-3)22(27)24-18-14-17(23)8-9-19(18)26-11-5-4-6-12-26/h7-10,13-15,25H,4-6,11-12H2,1-3H3,(H,24,27). The van der Waals surface area contributed by atoms with Crippen molar-refractivity contribution in [2.45, 2.75) is 44.0 Å². The van der Waals surface area contributed by atoms with Crippen LogP contribution in [0.15, 0.2) is 41.3 Å². The number of hydrogen-bond donors (Lipinski definition) is 2. The van der Waals surface area contributed by atoms with Crippen LogP contribution in [0.5, 0.6) is 5.75 Å². The molecule has 0 radical (unpaired) electrons. The zero-order valence-electron chi connectivity index (χ0n) is 17.9. The van der Waals surface area contributed by atoms with Crippen molar-refractivity contribution in [3.63, 3.8) is 0 Å². The van der Waals surface area contributed by atoms with Gasteiger partial charge in [-0.3, -0.25) is 4.79 Å². The van der Waals surface area contributed by atoms with Crippen molar-refractivity contribution in [3.8, 4) is 5.75 Å². The normalized spacial score (nSPS) is 14.5. The lowest BCUT2D eigenvalue weighted by Crippen LogP contribution is -2.31. The van der Waals surface area contributed by atoms with Crippen LogP contribution in [-0.2, 0) is 10.0 Å². The van der Waals surface area contributed by atoms with Gasteiger partial charge in [0.05, 0.1) is 18.5 Å². The molecule has 7 nitrogen and oxygen atoms in total. The smallest absolute Gasteiger partial charge is 0.255 e. The third kappa shape index (κ3) is 5.54. The maximum Gasteiger partial charge on any atom is 0.255 e. The lowest BCUT2D eigenvalue weighted by atomic mass is 10.1. The number of piperidine rings is 1. The van der Waals surface area contributed by atoms with Gasteiger partial charge in [-0.25, -0.2) is 17.5 Å². The van der Waals surface area contributed by atoms with Gasteiger partial charge in [0.15, 0.2) is 0 Å². The highest BCUT2D eigenvalue weighted by molar-refractivity contribution is 7.89. The van der Waals surface area contributed by atoms with Crippen LogP contribution in [0.3, 0.4) is 0 Å². The van der Waals surface area contributed by atoms with Gasteiger partial charge >= 0.3 is 0 Å². The summed E-state index contributed by atoms with van der Waals surface area (Å²) in [6.07, 6.45) is 3.22. The largest absolute Gasteiger partial charge is 0.495 e. The number of hydrogen-bond acceptors (Lipinski definition) is 5. The predicted molar refractivity (Wildman–Crippen MR) is 119 cm³/mol. The second-order valence-corrected chi connectivity index (χ2v) is 9.49. The summed E-state index contributed by atoms with van der Waals surface area (Å²) < 4.78 is 47.0. The van der Waals surface area contributed by atoms with E-state index in [1.807, 2.05) is 0 Å². The van der Waals surface area contributed by atoms with Gasteiger partial charge in [-0.15, -0.1) is 0 Å². The van der Waals surface area contributed by atoms with Crippen LogP contribution in [0.2, 0.25) is 0 Å². The molecule has 0 aliphatic carbocycles. The van der Waals surface area contributed by atoms with Crippen molar-refractivity contribution in [2.75, 3.05) is 30.4 Å². The highest BCUT2D eigenvalue weighted by atomic mass is 32.2. The number of methoxy groups -OCH3 is 1. The number of benzene rings is 2. The third-order valence-electron chi connectivity index (χ3n) is 5.01. The Kier molecular flexibility index (Phi) is 7.17. The van der Waals surface area contributed by atoms with Crippen LogP contribution in [-0.4, -0.2) is 40.6 Å². The van der Waals surface area contributed by atoms with Crippen LogP contribution in [0.1, 0.15) is 43.5 Å². The maximum absolute atomic E-state index is 13.9. The molecule has 0 unspecified atom stereocenters. The van der Waals surface area contributed by atoms with E-state index >= 15 is 0 Å². The molecule has 0 saturated carbocycles. The summed E-state index contributed by atoms with van der Waals surface area (Å²) in [6.45, 7) is 5.07. The number of carbonyl (C=O) groups is 1. The van der Waals surface area contributed by atoms with Gasteiger partial charge < -0.3 is 15.0 Å². The Morgan fingerprint density at radius 2 is 1.81 bits per heavy atom. The van der Waals surface area contributed by atoms with Crippen LogP contribution in [0, 0.1) is 5.82 Å². The van der Waals surface area contributed by atoms with Gasteiger partial charge in [0.1, 0.15) is 16.5 Å². The van der Waals surface area contributed by atoms with E-state index in [-0.39, 0.29) is 22.3 Å². The van der Waals surface area contributed by atoms with E-state index in [1.54, 1.807) is 19.9 Å². The SMILES string of the molecule is COc1ccc(C(=O)Nc2cc(F)ccc2N2CCCCC2)cc1S(=O)(=O)NC(C)C. The molecule has 9 heteroatoms. The summed E-state index contributed by atoms with van der Waals surface area (Å²) in [4.78, 5) is 14.9. The molecular formula is C22H28FN3O4S. The Balaban J connectivity index is 1.92. The number of halogens is 1. The molecule has 0 bridgehead atoms. The summed E-state index contributed by atoms with van der Waals surface area (Å²) in [5.74, 6) is -0.868. The Morgan fingerprint density at radius 1 is 1.10 bits per heavy atom. The number of amides is 1. The summed E-state index contributed by atoms with van der Waals surface area (Å²) in [6, 6.07) is 8.15. The fourth-order valence-electron chi connectivity index (χ4n) is 3.62. The molecule has 3 rings (SSSR count). The summed E-state index contributed by atoms with van der Waals surface area (Å²) in [5.41, 5.74) is 1.23. The Bertz CT molecular complexity index is 1050. The van der Waals surface area contributed by atoms with Crippen molar-refractivity contribution in [3.05, 3.63) is 47.8 Å². The number of rotatable bonds is 7. The number of nitrogens with one attached hydrogen (secondary N) is 2. The minimum Gasteiger partial charge on any atom is -0.495 e. The zero-order chi connectivity index (χ0) is 22.6. The van der Waals surface area contributed by atoms with Gasteiger partial charge in [0, 0.05) is 24.7 Å². The topological polar surface area (TPSA) is 87.7 Å². The molecule has 1 fully saturated rings.